The third-order valence-corrected chi connectivity index (χ3v) is 3.21. The van der Waals surface area contributed by atoms with Crippen molar-refractivity contribution < 1.29 is 4.79 Å². The van der Waals surface area contributed by atoms with E-state index in [4.69, 9.17) is 0 Å². The molecule has 0 radical (unpaired) electrons. The zero-order chi connectivity index (χ0) is 11.1. The molecule has 0 unspecified atom stereocenters. The first kappa shape index (κ1) is 10.6. The van der Waals surface area contributed by atoms with Crippen molar-refractivity contribution in [2.75, 3.05) is 6.54 Å². The number of allylic oxidation sites excluding steroid dienone is 2. The summed E-state index contributed by atoms with van der Waals surface area (Å²) in [5.41, 5.74) is 0.520. The van der Waals surface area contributed by atoms with Crippen LogP contribution in [0.15, 0.2) is 17.1 Å². The minimum Gasteiger partial charge on any atom is -0.292 e. The molecule has 1 aliphatic heterocycles. The van der Waals surface area contributed by atoms with Crippen molar-refractivity contribution in [1.29, 1.82) is 0 Å². The van der Waals surface area contributed by atoms with Gasteiger partial charge in [0.2, 0.25) is 0 Å². The van der Waals surface area contributed by atoms with Crippen LogP contribution in [0.5, 0.6) is 0 Å². The van der Waals surface area contributed by atoms with Gasteiger partial charge in [-0.3, -0.25) is 9.79 Å². The lowest BCUT2D eigenvalue weighted by atomic mass is 9.76. The Labute approximate surface area is 91.5 Å². The number of Topliss-reactive ketones (excluding diaryl/α,β-unsaturated/α-hetero) is 1. The molecule has 2 nitrogen and oxygen atoms in total. The Kier molecular flexibility index (Phi) is 2.53. The second-order valence-corrected chi connectivity index (χ2v) is 5.68. The smallest absolute Gasteiger partial charge is 0.182 e. The van der Waals surface area contributed by atoms with Gasteiger partial charge in [-0.1, -0.05) is 32.9 Å². The summed E-state index contributed by atoms with van der Waals surface area (Å²) >= 11 is 0. The molecule has 0 aromatic carbocycles. The first-order valence-corrected chi connectivity index (χ1v) is 5.74. The Balaban J connectivity index is 2.23. The molecule has 2 rings (SSSR count). The Morgan fingerprint density at radius 1 is 1.47 bits per heavy atom. The van der Waals surface area contributed by atoms with E-state index in [0.29, 0.717) is 11.8 Å². The molecule has 2 bridgehead atoms. The van der Waals surface area contributed by atoms with Crippen molar-refractivity contribution in [3.63, 3.8) is 0 Å². The van der Waals surface area contributed by atoms with E-state index in [1.807, 2.05) is 20.8 Å². The molecule has 0 aromatic rings. The van der Waals surface area contributed by atoms with E-state index in [1.165, 1.54) is 0 Å². The average Bonchev–Trinajstić information content (AvgIpc) is 2.16. The predicted octanol–water partition coefficient (Wildman–Crippen LogP) is 2.64. The quantitative estimate of drug-likeness (QED) is 0.605. The van der Waals surface area contributed by atoms with Crippen LogP contribution in [0.2, 0.25) is 0 Å². The monoisotopic (exact) mass is 205 g/mol. The number of rotatable bonds is 1. The van der Waals surface area contributed by atoms with Gasteiger partial charge in [0.05, 0.1) is 5.71 Å². The lowest BCUT2D eigenvalue weighted by molar-refractivity contribution is -0.119. The van der Waals surface area contributed by atoms with E-state index in [1.54, 1.807) is 0 Å². The second kappa shape index (κ2) is 3.58. The number of carbonyl (C=O) groups is 1. The topological polar surface area (TPSA) is 29.4 Å². The summed E-state index contributed by atoms with van der Waals surface area (Å²) in [5.74, 6) is 1.19. The van der Waals surface area contributed by atoms with Crippen molar-refractivity contribution in [2.45, 2.75) is 33.6 Å². The molecule has 0 saturated heterocycles. The van der Waals surface area contributed by atoms with Crippen LogP contribution in [0, 0.1) is 17.3 Å². The molecule has 1 heterocycles. The molecule has 2 aliphatic rings. The van der Waals surface area contributed by atoms with Gasteiger partial charge in [0.25, 0.3) is 0 Å². The first-order chi connectivity index (χ1) is 6.98. The van der Waals surface area contributed by atoms with E-state index < -0.39 is 0 Å². The number of ketones is 1. The van der Waals surface area contributed by atoms with Gasteiger partial charge >= 0.3 is 0 Å². The molecule has 2 atom stereocenters. The average molecular weight is 205 g/mol. The van der Waals surface area contributed by atoms with E-state index in [2.05, 4.69) is 17.1 Å². The molecular formula is C13H19NO. The van der Waals surface area contributed by atoms with Gasteiger partial charge in [0, 0.05) is 17.9 Å². The molecule has 1 aliphatic carbocycles. The SMILES string of the molecule is CC(C)(C)C(=O)C1=NC[C@H]2CC=C[C@@H]1C2. The van der Waals surface area contributed by atoms with Crippen LogP contribution in [0.4, 0.5) is 0 Å². The summed E-state index contributed by atoms with van der Waals surface area (Å²) in [4.78, 5) is 16.7. The molecule has 0 amide bonds. The number of fused-ring (bicyclic) bond motifs is 2. The third kappa shape index (κ3) is 2.04. The van der Waals surface area contributed by atoms with Crippen molar-refractivity contribution >= 4 is 11.5 Å². The molecule has 2 heteroatoms. The minimum atomic E-state index is -0.295. The van der Waals surface area contributed by atoms with Crippen molar-refractivity contribution in [2.24, 2.45) is 22.2 Å². The molecule has 0 N–H and O–H groups in total. The zero-order valence-corrected chi connectivity index (χ0v) is 9.79. The molecule has 0 fully saturated rings. The van der Waals surface area contributed by atoms with E-state index in [9.17, 15) is 4.79 Å². The highest BCUT2D eigenvalue weighted by molar-refractivity contribution is 6.42. The van der Waals surface area contributed by atoms with Crippen LogP contribution in [-0.2, 0) is 4.79 Å². The van der Waals surface area contributed by atoms with Crippen LogP contribution >= 0.6 is 0 Å². The number of hydrogen-bond acceptors (Lipinski definition) is 2. The molecule has 0 aromatic heterocycles. The molecule has 0 spiro atoms. The van der Waals surface area contributed by atoms with Crippen LogP contribution in [0.25, 0.3) is 0 Å². The molecule has 0 saturated carbocycles. The van der Waals surface area contributed by atoms with E-state index in [-0.39, 0.29) is 11.2 Å². The Morgan fingerprint density at radius 2 is 2.20 bits per heavy atom. The Morgan fingerprint density at radius 3 is 2.87 bits per heavy atom. The van der Waals surface area contributed by atoms with Gasteiger partial charge in [0.1, 0.15) is 0 Å². The van der Waals surface area contributed by atoms with Gasteiger partial charge in [-0.2, -0.15) is 0 Å². The van der Waals surface area contributed by atoms with Crippen LogP contribution < -0.4 is 0 Å². The van der Waals surface area contributed by atoms with E-state index >= 15 is 0 Å². The summed E-state index contributed by atoms with van der Waals surface area (Å²) in [6.45, 7) is 6.75. The van der Waals surface area contributed by atoms with Crippen LogP contribution in [0.3, 0.4) is 0 Å². The fourth-order valence-electron chi connectivity index (χ4n) is 2.29. The number of hydrogen-bond donors (Lipinski definition) is 0. The number of nitrogens with zero attached hydrogens (tertiary/aromatic N) is 1. The zero-order valence-electron chi connectivity index (χ0n) is 9.79. The standard InChI is InChI=1S/C13H19NO/c1-13(2,3)12(15)11-10-6-4-5-9(7-10)8-14-11/h4,6,9-10H,5,7-8H2,1-3H3/t9-,10+/m0/s1. The van der Waals surface area contributed by atoms with Crippen molar-refractivity contribution in [3.05, 3.63) is 12.2 Å². The Bertz CT molecular complexity index is 333. The highest BCUT2D eigenvalue weighted by Gasteiger charge is 2.34. The van der Waals surface area contributed by atoms with Crippen molar-refractivity contribution in [3.8, 4) is 0 Å². The van der Waals surface area contributed by atoms with Gasteiger partial charge in [0.15, 0.2) is 5.78 Å². The first-order valence-electron chi connectivity index (χ1n) is 5.74. The van der Waals surface area contributed by atoms with Crippen molar-refractivity contribution in [1.82, 2.24) is 0 Å². The summed E-state index contributed by atoms with van der Waals surface area (Å²) < 4.78 is 0. The second-order valence-electron chi connectivity index (χ2n) is 5.68. The summed E-state index contributed by atoms with van der Waals surface area (Å²) in [6, 6.07) is 0. The minimum absolute atomic E-state index is 0.220. The van der Waals surface area contributed by atoms with Crippen LogP contribution in [-0.4, -0.2) is 18.0 Å². The molecular weight excluding hydrogens is 186 g/mol. The summed E-state index contributed by atoms with van der Waals surface area (Å²) in [5, 5.41) is 0. The molecule has 82 valence electrons. The number of carbonyl (C=O) groups excluding carboxylic acids is 1. The lowest BCUT2D eigenvalue weighted by Crippen LogP contribution is -2.38. The Hall–Kier alpha value is -0.920. The maximum Gasteiger partial charge on any atom is 0.182 e. The fourth-order valence-corrected chi connectivity index (χ4v) is 2.29. The maximum atomic E-state index is 12.2. The van der Waals surface area contributed by atoms with Gasteiger partial charge in [-0.25, -0.2) is 0 Å². The third-order valence-electron chi connectivity index (χ3n) is 3.21. The van der Waals surface area contributed by atoms with Gasteiger partial charge in [-0.05, 0) is 18.8 Å². The summed E-state index contributed by atoms with van der Waals surface area (Å²) in [7, 11) is 0. The highest BCUT2D eigenvalue weighted by Crippen LogP contribution is 2.31. The highest BCUT2D eigenvalue weighted by atomic mass is 16.1. The van der Waals surface area contributed by atoms with E-state index in [0.717, 1.165) is 25.1 Å². The lowest BCUT2D eigenvalue weighted by Gasteiger charge is -2.31. The van der Waals surface area contributed by atoms with Crippen LogP contribution in [0.1, 0.15) is 33.6 Å². The molecule has 15 heavy (non-hydrogen) atoms. The van der Waals surface area contributed by atoms with Gasteiger partial charge in [-0.15, -0.1) is 0 Å². The largest absolute Gasteiger partial charge is 0.292 e. The fraction of sp³-hybridized carbons (Fsp3) is 0.692. The maximum absolute atomic E-state index is 12.2. The predicted molar refractivity (Wildman–Crippen MR) is 62.1 cm³/mol. The summed E-state index contributed by atoms with van der Waals surface area (Å²) in [6.07, 6.45) is 6.63. The van der Waals surface area contributed by atoms with Gasteiger partial charge < -0.3 is 0 Å². The number of aliphatic imine (C=N–C) groups is 1. The normalized spacial score (nSPS) is 29.9.